The molecule has 0 saturated heterocycles. The lowest BCUT2D eigenvalue weighted by molar-refractivity contribution is 0.479. The number of rotatable bonds is 3. The first kappa shape index (κ1) is 14.2. The average molecular weight is 411 g/mol. The Morgan fingerprint density at radius 1 is 1.00 bits per heavy atom. The first-order valence-electron chi connectivity index (χ1n) is 5.07. The van der Waals surface area contributed by atoms with Gasteiger partial charge in [-0.25, -0.2) is 0 Å². The summed E-state index contributed by atoms with van der Waals surface area (Å²) < 4.78 is 6.62. The van der Waals surface area contributed by atoms with Crippen molar-refractivity contribution < 1.29 is 4.74 Å². The van der Waals surface area contributed by atoms with E-state index in [0.717, 1.165) is 15.6 Å². The van der Waals surface area contributed by atoms with E-state index in [1.165, 1.54) is 5.56 Å². The maximum absolute atomic E-state index is 5.92. The zero-order chi connectivity index (χ0) is 13.1. The second kappa shape index (κ2) is 6.29. The van der Waals surface area contributed by atoms with E-state index in [9.17, 15) is 0 Å². The Kier molecular flexibility index (Phi) is 4.96. The highest BCUT2D eigenvalue weighted by Crippen LogP contribution is 2.33. The van der Waals surface area contributed by atoms with Crippen molar-refractivity contribution in [3.63, 3.8) is 0 Å². The van der Waals surface area contributed by atoms with E-state index in [-0.39, 0.29) is 0 Å². The standard InChI is InChI=1S/C13H8Br2Cl2O/c14-7-8-1-2-13(12(15)3-8)18-11-5-9(16)4-10(17)6-11/h1-6H,7H2. The Bertz CT molecular complexity index is 553. The van der Waals surface area contributed by atoms with Gasteiger partial charge in [-0.3, -0.25) is 0 Å². The van der Waals surface area contributed by atoms with Gasteiger partial charge >= 0.3 is 0 Å². The van der Waals surface area contributed by atoms with Gasteiger partial charge in [0.2, 0.25) is 0 Å². The Morgan fingerprint density at radius 2 is 1.67 bits per heavy atom. The second-order valence-electron chi connectivity index (χ2n) is 3.61. The summed E-state index contributed by atoms with van der Waals surface area (Å²) in [4.78, 5) is 0. The second-order valence-corrected chi connectivity index (χ2v) is 5.89. The number of halogens is 4. The van der Waals surface area contributed by atoms with Crippen LogP contribution in [0.1, 0.15) is 5.56 Å². The molecule has 0 aromatic heterocycles. The number of hydrogen-bond acceptors (Lipinski definition) is 1. The minimum Gasteiger partial charge on any atom is -0.456 e. The Labute approximate surface area is 132 Å². The fourth-order valence-corrected chi connectivity index (χ4v) is 2.79. The molecule has 0 fully saturated rings. The zero-order valence-corrected chi connectivity index (χ0v) is 13.8. The predicted molar refractivity (Wildman–Crippen MR) is 83.3 cm³/mol. The smallest absolute Gasteiger partial charge is 0.141 e. The Morgan fingerprint density at radius 3 is 2.22 bits per heavy atom. The fourth-order valence-electron chi connectivity index (χ4n) is 1.42. The van der Waals surface area contributed by atoms with Crippen molar-refractivity contribution in [1.29, 1.82) is 0 Å². The summed E-state index contributed by atoms with van der Waals surface area (Å²) in [6.45, 7) is 0. The SMILES string of the molecule is Clc1cc(Cl)cc(Oc2ccc(CBr)cc2Br)c1. The van der Waals surface area contributed by atoms with Crippen LogP contribution >= 0.6 is 55.1 Å². The van der Waals surface area contributed by atoms with E-state index in [1.807, 2.05) is 18.2 Å². The van der Waals surface area contributed by atoms with Gasteiger partial charge in [0.05, 0.1) is 4.47 Å². The summed E-state index contributed by atoms with van der Waals surface area (Å²) in [5.41, 5.74) is 1.17. The van der Waals surface area contributed by atoms with E-state index in [0.29, 0.717) is 15.8 Å². The average Bonchev–Trinajstić information content (AvgIpc) is 2.30. The largest absolute Gasteiger partial charge is 0.456 e. The van der Waals surface area contributed by atoms with Gasteiger partial charge in [0.15, 0.2) is 0 Å². The predicted octanol–water partition coefficient (Wildman–Crippen LogP) is 6.44. The molecular formula is C13H8Br2Cl2O. The van der Waals surface area contributed by atoms with E-state index < -0.39 is 0 Å². The molecule has 2 aromatic carbocycles. The number of ether oxygens (including phenoxy) is 1. The van der Waals surface area contributed by atoms with Crippen molar-refractivity contribution in [2.75, 3.05) is 0 Å². The molecule has 0 bridgehead atoms. The highest BCUT2D eigenvalue weighted by Gasteiger charge is 2.05. The third-order valence-corrected chi connectivity index (χ3v) is 3.92. The van der Waals surface area contributed by atoms with Gasteiger partial charge in [-0.05, 0) is 51.8 Å². The molecule has 2 aromatic rings. The van der Waals surface area contributed by atoms with E-state index >= 15 is 0 Å². The van der Waals surface area contributed by atoms with Gasteiger partial charge in [-0.15, -0.1) is 0 Å². The molecule has 5 heteroatoms. The highest BCUT2D eigenvalue weighted by molar-refractivity contribution is 9.10. The molecule has 0 aliphatic heterocycles. The zero-order valence-electron chi connectivity index (χ0n) is 9.09. The third-order valence-electron chi connectivity index (χ3n) is 2.21. The molecule has 1 nitrogen and oxygen atoms in total. The van der Waals surface area contributed by atoms with E-state index in [4.69, 9.17) is 27.9 Å². The number of hydrogen-bond donors (Lipinski definition) is 0. The normalized spacial score (nSPS) is 10.4. The van der Waals surface area contributed by atoms with Crippen molar-refractivity contribution in [2.45, 2.75) is 5.33 Å². The quantitative estimate of drug-likeness (QED) is 0.529. The molecule has 0 spiro atoms. The summed E-state index contributed by atoms with van der Waals surface area (Å²) in [5.74, 6) is 1.33. The van der Waals surface area contributed by atoms with Crippen LogP contribution in [0.4, 0.5) is 0 Å². The van der Waals surface area contributed by atoms with Crippen LogP contribution < -0.4 is 4.74 Å². The lowest BCUT2D eigenvalue weighted by Crippen LogP contribution is -1.87. The van der Waals surface area contributed by atoms with Crippen molar-refractivity contribution in [3.8, 4) is 11.5 Å². The van der Waals surface area contributed by atoms with Gasteiger partial charge < -0.3 is 4.74 Å². The van der Waals surface area contributed by atoms with Gasteiger partial charge in [0.25, 0.3) is 0 Å². The Balaban J connectivity index is 2.28. The topological polar surface area (TPSA) is 9.23 Å². The molecule has 18 heavy (non-hydrogen) atoms. The Hall–Kier alpha value is -0.220. The molecule has 0 unspecified atom stereocenters. The van der Waals surface area contributed by atoms with Crippen LogP contribution in [0.25, 0.3) is 0 Å². The van der Waals surface area contributed by atoms with E-state index in [2.05, 4.69) is 31.9 Å². The molecule has 0 aliphatic carbocycles. The van der Waals surface area contributed by atoms with Crippen LogP contribution in [-0.2, 0) is 5.33 Å². The lowest BCUT2D eigenvalue weighted by Gasteiger charge is -2.09. The summed E-state index contributed by atoms with van der Waals surface area (Å²) in [7, 11) is 0. The molecule has 0 aliphatic rings. The van der Waals surface area contributed by atoms with Gasteiger partial charge in [-0.2, -0.15) is 0 Å². The number of alkyl halides is 1. The number of benzene rings is 2. The van der Waals surface area contributed by atoms with Crippen molar-refractivity contribution in [1.82, 2.24) is 0 Å². The minimum absolute atomic E-state index is 0.547. The first-order chi connectivity index (χ1) is 8.58. The first-order valence-corrected chi connectivity index (χ1v) is 7.74. The van der Waals surface area contributed by atoms with Crippen LogP contribution in [0.15, 0.2) is 40.9 Å². The molecule has 94 valence electrons. The third kappa shape index (κ3) is 3.64. The van der Waals surface area contributed by atoms with Gasteiger partial charge in [-0.1, -0.05) is 45.2 Å². The van der Waals surface area contributed by atoms with Crippen molar-refractivity contribution in [2.24, 2.45) is 0 Å². The molecule has 0 amide bonds. The van der Waals surface area contributed by atoms with Crippen LogP contribution in [-0.4, -0.2) is 0 Å². The van der Waals surface area contributed by atoms with Crippen LogP contribution in [0.3, 0.4) is 0 Å². The van der Waals surface area contributed by atoms with Crippen LogP contribution in [0.5, 0.6) is 11.5 Å². The maximum atomic E-state index is 5.92. The van der Waals surface area contributed by atoms with Gasteiger partial charge in [0.1, 0.15) is 11.5 Å². The molecule has 0 atom stereocenters. The van der Waals surface area contributed by atoms with Crippen molar-refractivity contribution >= 4 is 55.1 Å². The molecule has 0 N–H and O–H groups in total. The summed E-state index contributed by atoms with van der Waals surface area (Å²) >= 11 is 18.7. The van der Waals surface area contributed by atoms with Gasteiger partial charge in [0, 0.05) is 15.4 Å². The summed E-state index contributed by atoms with van der Waals surface area (Å²) in [5, 5.41) is 1.89. The molecule has 0 radical (unpaired) electrons. The molecule has 0 heterocycles. The molecular weight excluding hydrogens is 403 g/mol. The lowest BCUT2D eigenvalue weighted by atomic mass is 10.2. The monoisotopic (exact) mass is 408 g/mol. The summed E-state index contributed by atoms with van der Waals surface area (Å²) in [6, 6.07) is 11.0. The van der Waals surface area contributed by atoms with Crippen molar-refractivity contribution in [3.05, 3.63) is 56.5 Å². The van der Waals surface area contributed by atoms with Crippen LogP contribution in [0.2, 0.25) is 10.0 Å². The maximum Gasteiger partial charge on any atom is 0.141 e. The molecule has 0 saturated carbocycles. The highest BCUT2D eigenvalue weighted by atomic mass is 79.9. The van der Waals surface area contributed by atoms with E-state index in [1.54, 1.807) is 18.2 Å². The van der Waals surface area contributed by atoms with Crippen LogP contribution in [0, 0.1) is 0 Å². The minimum atomic E-state index is 0.547. The molecule has 2 rings (SSSR count). The summed E-state index contributed by atoms with van der Waals surface area (Å²) in [6.07, 6.45) is 0. The fraction of sp³-hybridized carbons (Fsp3) is 0.0769.